The normalized spacial score (nSPS) is 28.9. The summed E-state index contributed by atoms with van der Waals surface area (Å²) in [6.45, 7) is 5.18. The van der Waals surface area contributed by atoms with E-state index in [4.69, 9.17) is 18.9 Å². The molecule has 2 bridgehead atoms. The summed E-state index contributed by atoms with van der Waals surface area (Å²) in [6, 6.07) is 1.16. The Hall–Kier alpha value is -2.76. The van der Waals surface area contributed by atoms with E-state index in [1.807, 2.05) is 0 Å². The van der Waals surface area contributed by atoms with Gasteiger partial charge in [0.25, 0.3) is 11.1 Å². The van der Waals surface area contributed by atoms with Gasteiger partial charge in [0.2, 0.25) is 0 Å². The number of nitrogens with one attached hydrogen (secondary N) is 1. The highest BCUT2D eigenvalue weighted by atomic mass is 16.8. The van der Waals surface area contributed by atoms with Crippen LogP contribution < -0.4 is 16.8 Å². The molecular weight excluding hydrogens is 386 g/mol. The van der Waals surface area contributed by atoms with E-state index in [9.17, 15) is 19.2 Å². The smallest absolute Gasteiger partial charge is 0.343 e. The molecule has 11 nitrogen and oxygen atoms in total. The van der Waals surface area contributed by atoms with Crippen LogP contribution in [0.4, 0.5) is 0 Å². The molecule has 2 saturated heterocycles. The number of hydrogen-bond acceptors (Lipinski definition) is 8. The molecule has 2 aromatic heterocycles. The number of aromatic amines is 1. The van der Waals surface area contributed by atoms with Gasteiger partial charge < -0.3 is 18.9 Å². The summed E-state index contributed by atoms with van der Waals surface area (Å²) < 4.78 is 25.2. The van der Waals surface area contributed by atoms with Crippen molar-refractivity contribution in [2.75, 3.05) is 6.61 Å². The van der Waals surface area contributed by atoms with Crippen LogP contribution in [0.3, 0.4) is 0 Å². The average Bonchev–Trinajstić information content (AvgIpc) is 3.03. The molecular formula is C18H19N3O8. The second kappa shape index (κ2) is 5.88. The first-order valence-corrected chi connectivity index (χ1v) is 9.32. The standard InChI is InChI=1S/C18H19N3O8/c1-4-26-16(24)8-5-7-12(22)19-17(25)21-13(7)20(14(8)23)6-9-10-11(15(21)27-9)29-18(2,3)28-10/h5,9-11,15H,4,6H2,1-3H3,(H,19,22,25)/t9-,10+,11?,15+/m1/s1. The molecule has 0 saturated carbocycles. The number of fused-ring (bicyclic) bond motifs is 6. The number of esters is 1. The van der Waals surface area contributed by atoms with Crippen LogP contribution in [-0.2, 0) is 25.5 Å². The molecule has 11 heteroatoms. The second-order valence-electron chi connectivity index (χ2n) is 7.69. The summed E-state index contributed by atoms with van der Waals surface area (Å²) in [4.78, 5) is 52.8. The van der Waals surface area contributed by atoms with Gasteiger partial charge in [-0.1, -0.05) is 0 Å². The lowest BCUT2D eigenvalue weighted by molar-refractivity contribution is -0.196. The molecule has 4 atom stereocenters. The van der Waals surface area contributed by atoms with Crippen molar-refractivity contribution in [3.63, 3.8) is 0 Å². The van der Waals surface area contributed by atoms with Gasteiger partial charge in [-0.3, -0.25) is 19.1 Å². The topological polar surface area (TPSA) is 131 Å². The number of hydrogen-bond donors (Lipinski definition) is 1. The van der Waals surface area contributed by atoms with Crippen LogP contribution in [0.2, 0.25) is 0 Å². The summed E-state index contributed by atoms with van der Waals surface area (Å²) in [7, 11) is 0. The summed E-state index contributed by atoms with van der Waals surface area (Å²) in [5.74, 6) is -1.73. The Labute approximate surface area is 162 Å². The largest absolute Gasteiger partial charge is 0.462 e. The van der Waals surface area contributed by atoms with Gasteiger partial charge in [-0.25, -0.2) is 14.2 Å². The number of carbonyl (C=O) groups is 1. The Bertz CT molecular complexity index is 1220. The fourth-order valence-electron chi connectivity index (χ4n) is 4.36. The minimum atomic E-state index is -0.891. The minimum Gasteiger partial charge on any atom is -0.462 e. The van der Waals surface area contributed by atoms with Crippen LogP contribution in [0, 0.1) is 0 Å². The van der Waals surface area contributed by atoms with Crippen LogP contribution in [0.25, 0.3) is 11.0 Å². The molecule has 1 unspecified atom stereocenters. The lowest BCUT2D eigenvalue weighted by Gasteiger charge is -2.23. The van der Waals surface area contributed by atoms with Gasteiger partial charge in [-0.05, 0) is 26.8 Å². The first kappa shape index (κ1) is 18.3. The molecule has 2 fully saturated rings. The maximum Gasteiger partial charge on any atom is 0.343 e. The van der Waals surface area contributed by atoms with E-state index in [1.54, 1.807) is 20.8 Å². The SMILES string of the molecule is CCOC(=O)c1cc2c(=O)[nH]c(=O)n3c2n(c1=O)C[C@H]1O[C@H]3C2OC(C)(C)O[C@H]21. The van der Waals surface area contributed by atoms with E-state index in [2.05, 4.69) is 4.98 Å². The predicted molar refractivity (Wildman–Crippen MR) is 96.8 cm³/mol. The molecule has 2 aromatic rings. The molecule has 5 heterocycles. The van der Waals surface area contributed by atoms with E-state index in [0.717, 1.165) is 6.07 Å². The highest BCUT2D eigenvalue weighted by molar-refractivity contribution is 5.93. The van der Waals surface area contributed by atoms with E-state index >= 15 is 0 Å². The molecule has 0 aliphatic carbocycles. The lowest BCUT2D eigenvalue weighted by Crippen LogP contribution is -2.43. The zero-order valence-corrected chi connectivity index (χ0v) is 16.0. The maximum atomic E-state index is 13.1. The fraction of sp³-hybridized carbons (Fsp3) is 0.556. The van der Waals surface area contributed by atoms with Gasteiger partial charge in [0.1, 0.15) is 29.5 Å². The van der Waals surface area contributed by atoms with Gasteiger partial charge in [0.05, 0.1) is 18.5 Å². The molecule has 0 spiro atoms. The van der Waals surface area contributed by atoms with Crippen LogP contribution >= 0.6 is 0 Å². The molecule has 3 aliphatic rings. The third-order valence-electron chi connectivity index (χ3n) is 5.41. The van der Waals surface area contributed by atoms with Crippen molar-refractivity contribution in [2.24, 2.45) is 0 Å². The van der Waals surface area contributed by atoms with Crippen LogP contribution in [0.1, 0.15) is 37.4 Å². The van der Waals surface area contributed by atoms with Gasteiger partial charge >= 0.3 is 11.7 Å². The quantitative estimate of drug-likeness (QED) is 0.659. The molecule has 5 rings (SSSR count). The molecule has 1 N–H and O–H groups in total. The first-order valence-electron chi connectivity index (χ1n) is 9.32. The van der Waals surface area contributed by atoms with Crippen LogP contribution in [-0.4, -0.2) is 50.8 Å². The lowest BCUT2D eigenvalue weighted by atomic mass is 10.1. The number of ether oxygens (including phenoxy) is 4. The van der Waals surface area contributed by atoms with Crippen molar-refractivity contribution < 1.29 is 23.7 Å². The number of rotatable bonds is 2. The first-order chi connectivity index (χ1) is 13.7. The molecule has 29 heavy (non-hydrogen) atoms. The molecule has 0 radical (unpaired) electrons. The summed E-state index contributed by atoms with van der Waals surface area (Å²) >= 11 is 0. The van der Waals surface area contributed by atoms with Crippen molar-refractivity contribution in [3.05, 3.63) is 42.8 Å². The van der Waals surface area contributed by atoms with E-state index in [0.29, 0.717) is 0 Å². The Kier molecular flexibility index (Phi) is 3.70. The minimum absolute atomic E-state index is 0.0113. The van der Waals surface area contributed by atoms with Crippen molar-refractivity contribution >= 4 is 17.0 Å². The van der Waals surface area contributed by atoms with E-state index < -0.39 is 53.1 Å². The highest BCUT2D eigenvalue weighted by Crippen LogP contribution is 2.44. The van der Waals surface area contributed by atoms with Crippen LogP contribution in [0.5, 0.6) is 0 Å². The second-order valence-corrected chi connectivity index (χ2v) is 7.69. The third kappa shape index (κ3) is 2.47. The van der Waals surface area contributed by atoms with E-state index in [-0.39, 0.29) is 29.7 Å². The molecule has 0 amide bonds. The number of H-pyrrole nitrogens is 1. The summed E-state index contributed by atoms with van der Waals surface area (Å²) in [5.41, 5.74) is -2.32. The van der Waals surface area contributed by atoms with Gasteiger partial charge in [-0.2, -0.15) is 0 Å². The summed E-state index contributed by atoms with van der Waals surface area (Å²) in [6.07, 6.45) is -2.61. The van der Waals surface area contributed by atoms with Crippen molar-refractivity contribution in [3.8, 4) is 0 Å². The Morgan fingerprint density at radius 3 is 2.72 bits per heavy atom. The van der Waals surface area contributed by atoms with Crippen molar-refractivity contribution in [1.29, 1.82) is 0 Å². The molecule has 0 aromatic carbocycles. The number of nitrogens with zero attached hydrogens (tertiary/aromatic N) is 2. The van der Waals surface area contributed by atoms with Gasteiger partial charge in [0, 0.05) is 0 Å². The third-order valence-corrected chi connectivity index (χ3v) is 5.41. The van der Waals surface area contributed by atoms with Gasteiger partial charge in [-0.15, -0.1) is 0 Å². The van der Waals surface area contributed by atoms with Crippen molar-refractivity contribution in [2.45, 2.75) is 57.6 Å². The Morgan fingerprint density at radius 1 is 1.28 bits per heavy atom. The highest BCUT2D eigenvalue weighted by Gasteiger charge is 2.57. The Morgan fingerprint density at radius 2 is 2.00 bits per heavy atom. The zero-order chi connectivity index (χ0) is 20.7. The zero-order valence-electron chi connectivity index (χ0n) is 16.0. The summed E-state index contributed by atoms with van der Waals surface area (Å²) in [5, 5.41) is 0.0122. The van der Waals surface area contributed by atoms with Crippen molar-refractivity contribution in [1.82, 2.24) is 14.1 Å². The number of aromatic nitrogens is 3. The Balaban J connectivity index is 1.82. The van der Waals surface area contributed by atoms with Gasteiger partial charge in [0.15, 0.2) is 12.0 Å². The maximum absolute atomic E-state index is 13.1. The average molecular weight is 405 g/mol. The molecule has 154 valence electrons. The van der Waals surface area contributed by atoms with Crippen LogP contribution in [0.15, 0.2) is 20.4 Å². The number of pyridine rings is 1. The number of carbonyl (C=O) groups excluding carboxylic acids is 1. The fourth-order valence-corrected chi connectivity index (χ4v) is 4.36. The van der Waals surface area contributed by atoms with E-state index in [1.165, 1.54) is 9.13 Å². The predicted octanol–water partition coefficient (Wildman–Crippen LogP) is -0.541. The molecule has 3 aliphatic heterocycles. The monoisotopic (exact) mass is 405 g/mol.